The maximum atomic E-state index is 10.3. The number of aryl methyl sites for hydroxylation is 2. The van der Waals surface area contributed by atoms with Crippen molar-refractivity contribution in [3.05, 3.63) is 68.8 Å². The molecule has 0 spiro atoms. The van der Waals surface area contributed by atoms with E-state index in [1.165, 1.54) is 12.1 Å². The predicted molar refractivity (Wildman–Crippen MR) is 82.9 cm³/mol. The van der Waals surface area contributed by atoms with Gasteiger partial charge in [0.1, 0.15) is 17.7 Å². The van der Waals surface area contributed by atoms with Crippen LogP contribution in [0.5, 0.6) is 0 Å². The Morgan fingerprint density at radius 2 is 1.50 bits per heavy atom. The zero-order chi connectivity index (χ0) is 16.7. The van der Waals surface area contributed by atoms with Crippen molar-refractivity contribution in [3.8, 4) is 12.1 Å². The molecule has 2 aromatic rings. The van der Waals surface area contributed by atoms with Crippen molar-refractivity contribution in [2.24, 2.45) is 0 Å². The van der Waals surface area contributed by atoms with Crippen LogP contribution >= 0.6 is 0 Å². The van der Waals surface area contributed by atoms with Gasteiger partial charge in [0.25, 0.3) is 5.69 Å². The molecule has 6 nitrogen and oxygen atoms in total. The largest absolute Gasteiger partial charge is 0.398 e. The minimum absolute atomic E-state index is 0.111. The third-order valence-electron chi connectivity index (χ3n) is 2.80. The monoisotopic (exact) mass is 294 g/mol. The molecule has 0 aromatic heterocycles. The average Bonchev–Trinajstić information content (AvgIpc) is 2.49. The van der Waals surface area contributed by atoms with Crippen LogP contribution in [0.1, 0.15) is 22.3 Å². The summed E-state index contributed by atoms with van der Waals surface area (Å²) in [6.07, 6.45) is 0. The maximum Gasteiger partial charge on any atom is 0.287 e. The molecule has 0 aliphatic rings. The molecule has 0 saturated carbocycles. The third kappa shape index (κ3) is 4.32. The van der Waals surface area contributed by atoms with Gasteiger partial charge in [-0.2, -0.15) is 10.5 Å². The number of hydrogen-bond acceptors (Lipinski definition) is 5. The van der Waals surface area contributed by atoms with E-state index in [0.717, 1.165) is 11.1 Å². The lowest BCUT2D eigenvalue weighted by atomic mass is 10.1. The van der Waals surface area contributed by atoms with E-state index in [-0.39, 0.29) is 11.3 Å². The van der Waals surface area contributed by atoms with Crippen LogP contribution < -0.4 is 5.73 Å². The Bertz CT molecular complexity index is 786. The number of rotatable bonds is 1. The molecule has 2 aromatic carbocycles. The van der Waals surface area contributed by atoms with Crippen molar-refractivity contribution >= 4 is 11.4 Å². The number of hydrogen-bond donors (Lipinski definition) is 1. The fourth-order valence-corrected chi connectivity index (χ4v) is 1.67. The molecule has 0 amide bonds. The molecule has 0 radical (unpaired) electrons. The molecule has 0 aliphatic heterocycles. The average molecular weight is 294 g/mol. The zero-order valence-corrected chi connectivity index (χ0v) is 12.2. The number of nitrogens with zero attached hydrogens (tertiary/aromatic N) is 3. The summed E-state index contributed by atoms with van der Waals surface area (Å²) in [5.41, 5.74) is 8.46. The van der Waals surface area contributed by atoms with Gasteiger partial charge in [-0.3, -0.25) is 10.1 Å². The highest BCUT2D eigenvalue weighted by Crippen LogP contribution is 2.18. The van der Waals surface area contributed by atoms with E-state index in [4.69, 9.17) is 16.3 Å². The Hall–Kier alpha value is -3.38. The summed E-state index contributed by atoms with van der Waals surface area (Å²) in [6.45, 7) is 3.71. The van der Waals surface area contributed by atoms with Gasteiger partial charge in [-0.05, 0) is 43.2 Å². The van der Waals surface area contributed by atoms with Gasteiger partial charge in [-0.25, -0.2) is 0 Å². The third-order valence-corrected chi connectivity index (χ3v) is 2.80. The summed E-state index contributed by atoms with van der Waals surface area (Å²) in [4.78, 5) is 9.79. The standard InChI is InChI=1S/C8H6N2O2.C8H8N2/c1-6-2-3-8(10(11)12)7(4-6)5-9;1-6-2-3-8(10)7(4-6)5-9/h2-4H,1H3;2-4H,10H2,1H3. The van der Waals surface area contributed by atoms with Gasteiger partial charge >= 0.3 is 0 Å². The topological polar surface area (TPSA) is 117 Å². The highest BCUT2D eigenvalue weighted by Gasteiger charge is 2.11. The second-order valence-electron chi connectivity index (χ2n) is 4.59. The molecular formula is C16H14N4O2. The first-order valence-corrected chi connectivity index (χ1v) is 6.30. The Balaban J connectivity index is 0.000000224. The molecule has 0 heterocycles. The smallest absolute Gasteiger partial charge is 0.287 e. The Morgan fingerprint density at radius 1 is 1.00 bits per heavy atom. The molecule has 0 saturated heterocycles. The van der Waals surface area contributed by atoms with Gasteiger partial charge < -0.3 is 5.73 Å². The number of anilines is 1. The first kappa shape index (κ1) is 16.7. The van der Waals surface area contributed by atoms with E-state index in [0.29, 0.717) is 11.3 Å². The summed E-state index contributed by atoms with van der Waals surface area (Å²) >= 11 is 0. The Morgan fingerprint density at radius 3 is 1.95 bits per heavy atom. The summed E-state index contributed by atoms with van der Waals surface area (Å²) in [5, 5.41) is 27.4. The summed E-state index contributed by atoms with van der Waals surface area (Å²) < 4.78 is 0. The lowest BCUT2D eigenvalue weighted by molar-refractivity contribution is -0.385. The first-order chi connectivity index (χ1) is 10.4. The van der Waals surface area contributed by atoms with Crippen LogP contribution in [0.4, 0.5) is 11.4 Å². The maximum absolute atomic E-state index is 10.3. The van der Waals surface area contributed by atoms with Crippen LogP contribution in [0.25, 0.3) is 0 Å². The zero-order valence-electron chi connectivity index (χ0n) is 12.2. The minimum atomic E-state index is -0.558. The fraction of sp³-hybridized carbons (Fsp3) is 0.125. The Kier molecular flexibility index (Phi) is 5.62. The van der Waals surface area contributed by atoms with Crippen molar-refractivity contribution in [3.63, 3.8) is 0 Å². The van der Waals surface area contributed by atoms with Crippen molar-refractivity contribution in [1.29, 1.82) is 10.5 Å². The molecule has 22 heavy (non-hydrogen) atoms. The quantitative estimate of drug-likeness (QED) is 0.492. The van der Waals surface area contributed by atoms with E-state index in [1.807, 2.05) is 19.1 Å². The lowest BCUT2D eigenvalue weighted by Crippen LogP contribution is -1.92. The molecule has 110 valence electrons. The van der Waals surface area contributed by atoms with Crippen LogP contribution in [0.15, 0.2) is 36.4 Å². The second-order valence-corrected chi connectivity index (χ2v) is 4.59. The number of nitriles is 2. The van der Waals surface area contributed by atoms with Crippen LogP contribution in [-0.2, 0) is 0 Å². The molecule has 0 aliphatic carbocycles. The van der Waals surface area contributed by atoms with E-state index < -0.39 is 4.92 Å². The van der Waals surface area contributed by atoms with E-state index in [1.54, 1.807) is 31.2 Å². The highest BCUT2D eigenvalue weighted by atomic mass is 16.6. The summed E-state index contributed by atoms with van der Waals surface area (Å²) in [6, 6.07) is 13.6. The number of nitro groups is 1. The van der Waals surface area contributed by atoms with Crippen LogP contribution in [0, 0.1) is 46.6 Å². The second kappa shape index (κ2) is 7.41. The molecule has 6 heteroatoms. The van der Waals surface area contributed by atoms with Crippen LogP contribution in [0.2, 0.25) is 0 Å². The Labute approximate surface area is 128 Å². The first-order valence-electron chi connectivity index (χ1n) is 6.30. The summed E-state index contributed by atoms with van der Waals surface area (Å²) in [5.74, 6) is 0. The summed E-state index contributed by atoms with van der Waals surface area (Å²) in [7, 11) is 0. The number of nitro benzene ring substituents is 1. The molecule has 0 fully saturated rings. The predicted octanol–water partition coefficient (Wildman–Crippen LogP) is 3.22. The number of nitrogens with two attached hydrogens (primary N) is 1. The minimum Gasteiger partial charge on any atom is -0.398 e. The molecular weight excluding hydrogens is 280 g/mol. The van der Waals surface area contributed by atoms with Gasteiger partial charge in [0.15, 0.2) is 0 Å². The molecule has 2 N–H and O–H groups in total. The van der Waals surface area contributed by atoms with Crippen LogP contribution in [-0.4, -0.2) is 4.92 Å². The van der Waals surface area contributed by atoms with Crippen molar-refractivity contribution in [2.75, 3.05) is 5.73 Å². The fourth-order valence-electron chi connectivity index (χ4n) is 1.67. The molecule has 0 unspecified atom stereocenters. The SMILES string of the molecule is Cc1ccc(N)c(C#N)c1.Cc1ccc([N+](=O)[O-])c(C#N)c1. The molecule has 0 bridgehead atoms. The van der Waals surface area contributed by atoms with E-state index in [9.17, 15) is 10.1 Å². The van der Waals surface area contributed by atoms with Crippen molar-refractivity contribution < 1.29 is 4.92 Å². The van der Waals surface area contributed by atoms with Gasteiger partial charge in [0, 0.05) is 11.8 Å². The van der Waals surface area contributed by atoms with E-state index >= 15 is 0 Å². The van der Waals surface area contributed by atoms with Gasteiger partial charge in [-0.1, -0.05) is 12.1 Å². The van der Waals surface area contributed by atoms with Crippen molar-refractivity contribution in [1.82, 2.24) is 0 Å². The normalized spacial score (nSPS) is 8.91. The molecule has 2 rings (SSSR count). The lowest BCUT2D eigenvalue weighted by Gasteiger charge is -1.96. The number of benzene rings is 2. The van der Waals surface area contributed by atoms with Crippen molar-refractivity contribution in [2.45, 2.75) is 13.8 Å². The van der Waals surface area contributed by atoms with Gasteiger partial charge in [-0.15, -0.1) is 0 Å². The van der Waals surface area contributed by atoms with Gasteiger partial charge in [0.05, 0.1) is 10.5 Å². The molecule has 0 atom stereocenters. The van der Waals surface area contributed by atoms with Crippen LogP contribution in [0.3, 0.4) is 0 Å². The van der Waals surface area contributed by atoms with E-state index in [2.05, 4.69) is 0 Å². The number of nitrogen functional groups attached to an aromatic ring is 1. The highest BCUT2D eigenvalue weighted by molar-refractivity contribution is 5.54. The van der Waals surface area contributed by atoms with Gasteiger partial charge in [0.2, 0.25) is 0 Å².